The van der Waals surface area contributed by atoms with Crippen molar-refractivity contribution in [2.45, 2.75) is 18.7 Å². The van der Waals surface area contributed by atoms with Crippen LogP contribution in [0.4, 0.5) is 5.69 Å². The van der Waals surface area contributed by atoms with E-state index in [1.807, 2.05) is 0 Å². The Balaban J connectivity index is 1.72. The van der Waals surface area contributed by atoms with Crippen LogP contribution in [-0.4, -0.2) is 33.8 Å². The number of carboxylic acid groups (broad SMARTS) is 1. The molecular formula is C20H16N4O5S2. The predicted molar refractivity (Wildman–Crippen MR) is 115 cm³/mol. The van der Waals surface area contributed by atoms with Crippen LogP contribution in [0.25, 0.3) is 10.2 Å². The Morgan fingerprint density at radius 3 is 2.55 bits per heavy atom. The van der Waals surface area contributed by atoms with E-state index in [4.69, 9.17) is 4.74 Å². The molecule has 31 heavy (non-hydrogen) atoms. The number of nitrogens with zero attached hydrogens (tertiary/aromatic N) is 3. The minimum absolute atomic E-state index is 0.00304. The van der Waals surface area contributed by atoms with Gasteiger partial charge in [0.1, 0.15) is 21.9 Å². The van der Waals surface area contributed by atoms with E-state index in [2.05, 4.69) is 19.1 Å². The third-order valence-corrected chi connectivity index (χ3v) is 6.82. The van der Waals surface area contributed by atoms with Crippen molar-refractivity contribution in [3.8, 4) is 11.5 Å². The van der Waals surface area contributed by atoms with E-state index >= 15 is 0 Å². The van der Waals surface area contributed by atoms with E-state index in [9.17, 15) is 18.3 Å². The van der Waals surface area contributed by atoms with Gasteiger partial charge in [-0.2, -0.15) is 4.37 Å². The van der Waals surface area contributed by atoms with Gasteiger partial charge in [-0.25, -0.2) is 18.2 Å². The number of sulfonamides is 1. The molecule has 2 N–H and O–H groups in total. The highest BCUT2D eigenvalue weighted by Gasteiger charge is 2.25. The van der Waals surface area contributed by atoms with Crippen LogP contribution in [0, 0.1) is 13.8 Å². The zero-order valence-corrected chi connectivity index (χ0v) is 18.0. The molecule has 3 heterocycles. The Bertz CT molecular complexity index is 1400. The van der Waals surface area contributed by atoms with E-state index in [0.29, 0.717) is 33.0 Å². The number of aromatic nitrogens is 3. The largest absolute Gasteiger partial charge is 0.478 e. The number of aromatic carboxylic acids is 1. The third kappa shape index (κ3) is 4.05. The molecule has 0 spiro atoms. The summed E-state index contributed by atoms with van der Waals surface area (Å²) in [5.74, 6) is -0.276. The van der Waals surface area contributed by atoms with Gasteiger partial charge in [0.05, 0.1) is 21.7 Å². The molecule has 0 amide bonds. The third-order valence-electron chi connectivity index (χ3n) is 4.46. The monoisotopic (exact) mass is 456 g/mol. The molecule has 3 aromatic heterocycles. The molecule has 0 unspecified atom stereocenters. The summed E-state index contributed by atoms with van der Waals surface area (Å²) in [4.78, 5) is 20.1. The Hall–Kier alpha value is -3.57. The molecule has 0 saturated carbocycles. The zero-order chi connectivity index (χ0) is 22.2. The molecule has 158 valence electrons. The second-order valence-electron chi connectivity index (χ2n) is 6.62. The Morgan fingerprint density at radius 1 is 1.13 bits per heavy atom. The van der Waals surface area contributed by atoms with Crippen LogP contribution < -0.4 is 9.46 Å². The van der Waals surface area contributed by atoms with Crippen LogP contribution in [0.5, 0.6) is 11.5 Å². The first-order chi connectivity index (χ1) is 14.8. The minimum Gasteiger partial charge on any atom is -0.478 e. The van der Waals surface area contributed by atoms with Gasteiger partial charge >= 0.3 is 5.97 Å². The summed E-state index contributed by atoms with van der Waals surface area (Å²) < 4.78 is 38.6. The number of rotatable bonds is 6. The van der Waals surface area contributed by atoms with Crippen molar-refractivity contribution in [1.29, 1.82) is 0 Å². The first kappa shape index (κ1) is 20.7. The predicted octanol–water partition coefficient (Wildman–Crippen LogP) is 3.99. The zero-order valence-electron chi connectivity index (χ0n) is 16.4. The maximum absolute atomic E-state index is 13.2. The summed E-state index contributed by atoms with van der Waals surface area (Å²) in [6, 6.07) is 7.89. The van der Waals surface area contributed by atoms with Crippen molar-refractivity contribution in [3.63, 3.8) is 0 Å². The van der Waals surface area contributed by atoms with Gasteiger partial charge in [0.25, 0.3) is 10.0 Å². The SMILES string of the molecule is Cc1cc(Oc2ccncc2)ccc1S(=O)(=O)Nc1c(C(=O)O)cnc2snc(C)c12. The lowest BCUT2D eigenvalue weighted by Gasteiger charge is -2.14. The lowest BCUT2D eigenvalue weighted by molar-refractivity contribution is 0.0698. The number of nitrogens with one attached hydrogen (secondary N) is 1. The lowest BCUT2D eigenvalue weighted by Crippen LogP contribution is -2.17. The van der Waals surface area contributed by atoms with E-state index in [-0.39, 0.29) is 16.1 Å². The molecule has 4 aromatic rings. The van der Waals surface area contributed by atoms with Crippen molar-refractivity contribution in [2.75, 3.05) is 4.72 Å². The van der Waals surface area contributed by atoms with Gasteiger partial charge in [-0.05, 0) is 61.3 Å². The number of carboxylic acids is 1. The van der Waals surface area contributed by atoms with Gasteiger partial charge in [-0.1, -0.05) is 0 Å². The van der Waals surface area contributed by atoms with Crippen LogP contribution in [-0.2, 0) is 10.0 Å². The second-order valence-corrected chi connectivity index (χ2v) is 9.02. The Labute approximate surface area is 181 Å². The van der Waals surface area contributed by atoms with Gasteiger partial charge in [0.2, 0.25) is 0 Å². The van der Waals surface area contributed by atoms with Crippen molar-refractivity contribution >= 4 is 43.4 Å². The number of hydrogen-bond acceptors (Lipinski definition) is 8. The van der Waals surface area contributed by atoms with E-state index in [1.165, 1.54) is 12.1 Å². The van der Waals surface area contributed by atoms with Crippen LogP contribution in [0.1, 0.15) is 21.6 Å². The molecule has 0 aliphatic heterocycles. The maximum atomic E-state index is 13.2. The average molecular weight is 457 g/mol. The molecule has 1 aromatic carbocycles. The van der Waals surface area contributed by atoms with Crippen molar-refractivity contribution < 1.29 is 23.1 Å². The minimum atomic E-state index is -4.11. The summed E-state index contributed by atoms with van der Waals surface area (Å²) >= 11 is 1.07. The summed E-state index contributed by atoms with van der Waals surface area (Å²) in [6.07, 6.45) is 4.29. The quantitative estimate of drug-likeness (QED) is 0.445. The van der Waals surface area contributed by atoms with Crippen molar-refractivity contribution in [1.82, 2.24) is 14.3 Å². The fourth-order valence-electron chi connectivity index (χ4n) is 3.04. The smallest absolute Gasteiger partial charge is 0.339 e. The highest BCUT2D eigenvalue weighted by molar-refractivity contribution is 7.92. The number of benzene rings is 1. The molecule has 0 aliphatic carbocycles. The summed E-state index contributed by atoms with van der Waals surface area (Å²) in [6.45, 7) is 3.30. The second kappa shape index (κ2) is 7.93. The van der Waals surface area contributed by atoms with Crippen LogP contribution in [0.15, 0.2) is 53.8 Å². The molecule has 0 fully saturated rings. The maximum Gasteiger partial charge on any atom is 0.339 e. The van der Waals surface area contributed by atoms with E-state index < -0.39 is 16.0 Å². The van der Waals surface area contributed by atoms with Gasteiger partial charge < -0.3 is 9.84 Å². The lowest BCUT2D eigenvalue weighted by atomic mass is 10.1. The van der Waals surface area contributed by atoms with Gasteiger partial charge in [-0.15, -0.1) is 0 Å². The Morgan fingerprint density at radius 2 is 1.87 bits per heavy atom. The molecular weight excluding hydrogens is 440 g/mol. The molecule has 0 bridgehead atoms. The van der Waals surface area contributed by atoms with Gasteiger partial charge in [0.15, 0.2) is 0 Å². The van der Waals surface area contributed by atoms with E-state index in [0.717, 1.165) is 17.7 Å². The van der Waals surface area contributed by atoms with Crippen LogP contribution in [0.3, 0.4) is 0 Å². The summed E-state index contributed by atoms with van der Waals surface area (Å²) in [5, 5.41) is 9.90. The summed E-state index contributed by atoms with van der Waals surface area (Å²) in [5.41, 5.74) is 0.613. The number of anilines is 1. The molecule has 4 rings (SSSR count). The number of carbonyl (C=O) groups is 1. The topological polar surface area (TPSA) is 131 Å². The standard InChI is InChI=1S/C20H16N4O5S2/c1-11-9-14(29-13-5-7-21-8-6-13)3-4-16(11)31(27,28)24-18-15(20(25)26)10-22-19-17(18)12(2)23-30-19/h3-10H,1-2H3,(H,22,24)(H,25,26). The number of pyridine rings is 2. The first-order valence-electron chi connectivity index (χ1n) is 8.96. The van der Waals surface area contributed by atoms with Crippen LogP contribution in [0.2, 0.25) is 0 Å². The van der Waals surface area contributed by atoms with Crippen LogP contribution >= 0.6 is 11.5 Å². The first-order valence-corrected chi connectivity index (χ1v) is 11.2. The number of hydrogen-bond donors (Lipinski definition) is 2. The number of fused-ring (bicyclic) bond motifs is 1. The normalized spacial score (nSPS) is 11.4. The highest BCUT2D eigenvalue weighted by atomic mass is 32.2. The number of ether oxygens (including phenoxy) is 1. The molecule has 0 saturated heterocycles. The van der Waals surface area contributed by atoms with Gasteiger partial charge in [-0.3, -0.25) is 9.71 Å². The molecule has 9 nitrogen and oxygen atoms in total. The highest BCUT2D eigenvalue weighted by Crippen LogP contribution is 2.34. The molecule has 0 atom stereocenters. The van der Waals surface area contributed by atoms with Gasteiger partial charge in [0, 0.05) is 18.6 Å². The fourth-order valence-corrected chi connectivity index (χ4v) is 5.12. The fraction of sp³-hybridized carbons (Fsp3) is 0.100. The Kier molecular flexibility index (Phi) is 5.29. The number of aryl methyl sites for hydroxylation is 2. The summed E-state index contributed by atoms with van der Waals surface area (Å²) in [7, 11) is -4.11. The molecule has 0 aliphatic rings. The molecule has 0 radical (unpaired) electrons. The molecule has 11 heteroatoms. The van der Waals surface area contributed by atoms with E-state index in [1.54, 1.807) is 44.4 Å². The van der Waals surface area contributed by atoms with Crippen molar-refractivity contribution in [2.24, 2.45) is 0 Å². The average Bonchev–Trinajstić information content (AvgIpc) is 3.10. The van der Waals surface area contributed by atoms with Crippen molar-refractivity contribution in [3.05, 3.63) is 65.7 Å².